The molecule has 0 spiro atoms. The largest absolute Gasteiger partial charge is 0.471 e. The van der Waals surface area contributed by atoms with Gasteiger partial charge in [-0.15, -0.1) is 0 Å². The summed E-state index contributed by atoms with van der Waals surface area (Å²) < 4.78 is 58.1. The summed E-state index contributed by atoms with van der Waals surface area (Å²) in [6.07, 6.45) is -4.66. The predicted molar refractivity (Wildman–Crippen MR) is 96.4 cm³/mol. The number of alkyl halides is 3. The van der Waals surface area contributed by atoms with Crippen LogP contribution in [0.1, 0.15) is 41.6 Å². The van der Waals surface area contributed by atoms with Crippen LogP contribution >= 0.6 is 0 Å². The molecule has 1 aliphatic rings. The second-order valence-electron chi connectivity index (χ2n) is 6.94. The van der Waals surface area contributed by atoms with Gasteiger partial charge >= 0.3 is 18.1 Å². The average Bonchev–Trinajstić information content (AvgIpc) is 2.70. The number of esters is 1. The number of carbonyl (C=O) groups excluding carboxylic acids is 2. The van der Waals surface area contributed by atoms with Crippen LogP contribution in [0.15, 0.2) is 54.6 Å². The quantitative estimate of drug-likeness (QED) is 0.598. The molecule has 0 aromatic heterocycles. The number of amides is 1. The van der Waals surface area contributed by atoms with Gasteiger partial charge in [-0.3, -0.25) is 4.79 Å². The van der Waals surface area contributed by atoms with Crippen LogP contribution in [0.4, 0.5) is 17.6 Å². The number of carbonyl (C=O) groups is 2. The highest BCUT2D eigenvalue weighted by atomic mass is 19.4. The van der Waals surface area contributed by atoms with Crippen LogP contribution in [0.25, 0.3) is 0 Å². The summed E-state index contributed by atoms with van der Waals surface area (Å²) in [5.74, 6) is -3.41. The lowest BCUT2D eigenvalue weighted by molar-refractivity contribution is -0.178. The summed E-state index contributed by atoms with van der Waals surface area (Å²) in [7, 11) is 0. The highest BCUT2D eigenvalue weighted by Crippen LogP contribution is 2.40. The molecule has 0 aliphatic heterocycles. The summed E-state index contributed by atoms with van der Waals surface area (Å²) in [6, 6.07) is 12.8. The molecule has 2 atom stereocenters. The van der Waals surface area contributed by atoms with E-state index in [-0.39, 0.29) is 24.0 Å². The lowest BCUT2D eigenvalue weighted by atomic mass is 9.74. The van der Waals surface area contributed by atoms with E-state index < -0.39 is 35.5 Å². The van der Waals surface area contributed by atoms with Crippen molar-refractivity contribution in [3.8, 4) is 0 Å². The van der Waals surface area contributed by atoms with Gasteiger partial charge in [-0.1, -0.05) is 36.8 Å². The number of halogens is 4. The summed E-state index contributed by atoms with van der Waals surface area (Å²) in [5.41, 5.74) is -1.11. The Balaban J connectivity index is 1.99. The van der Waals surface area contributed by atoms with Crippen LogP contribution < -0.4 is 5.32 Å². The van der Waals surface area contributed by atoms with Gasteiger partial charge < -0.3 is 10.1 Å². The Morgan fingerprint density at radius 2 is 1.66 bits per heavy atom. The third-order valence-electron chi connectivity index (χ3n) is 5.05. The lowest BCUT2D eigenvalue weighted by Gasteiger charge is -2.44. The molecule has 1 fully saturated rings. The molecule has 1 N–H and O–H groups in total. The van der Waals surface area contributed by atoms with Crippen molar-refractivity contribution < 1.29 is 31.9 Å². The van der Waals surface area contributed by atoms with E-state index in [1.54, 1.807) is 18.2 Å². The maximum Gasteiger partial charge on any atom is 0.471 e. The Hall–Kier alpha value is -2.90. The van der Waals surface area contributed by atoms with Gasteiger partial charge in [0.05, 0.1) is 5.56 Å². The van der Waals surface area contributed by atoms with Gasteiger partial charge in [0.15, 0.2) is 0 Å². The lowest BCUT2D eigenvalue weighted by Crippen LogP contribution is -2.59. The number of hydrogen-bond acceptors (Lipinski definition) is 3. The van der Waals surface area contributed by atoms with Crippen molar-refractivity contribution in [1.82, 2.24) is 5.32 Å². The van der Waals surface area contributed by atoms with Crippen LogP contribution in [0.5, 0.6) is 0 Å². The third kappa shape index (κ3) is 4.58. The molecular weight excluding hydrogens is 390 g/mol. The van der Waals surface area contributed by atoms with Crippen LogP contribution in [0, 0.1) is 5.82 Å². The molecule has 1 amide bonds. The van der Waals surface area contributed by atoms with Crippen LogP contribution in [0.3, 0.4) is 0 Å². The fraction of sp³-hybridized carbons (Fsp3) is 0.333. The smallest absolute Gasteiger partial charge is 0.456 e. The first-order chi connectivity index (χ1) is 13.7. The van der Waals surface area contributed by atoms with Crippen molar-refractivity contribution in [3.05, 3.63) is 71.5 Å². The fourth-order valence-electron chi connectivity index (χ4n) is 3.64. The van der Waals surface area contributed by atoms with Crippen LogP contribution in [-0.2, 0) is 15.1 Å². The molecule has 1 aliphatic carbocycles. The number of hydrogen-bond donors (Lipinski definition) is 1. The van der Waals surface area contributed by atoms with Gasteiger partial charge in [0.2, 0.25) is 0 Å². The van der Waals surface area contributed by atoms with Gasteiger partial charge in [-0.05, 0) is 49.1 Å². The van der Waals surface area contributed by atoms with Crippen molar-refractivity contribution >= 4 is 11.9 Å². The maximum absolute atomic E-state index is 13.4. The van der Waals surface area contributed by atoms with Crippen molar-refractivity contribution in [2.75, 3.05) is 0 Å². The average molecular weight is 409 g/mol. The van der Waals surface area contributed by atoms with Gasteiger partial charge in [-0.25, -0.2) is 9.18 Å². The summed E-state index contributed by atoms with van der Waals surface area (Å²) >= 11 is 0. The highest BCUT2D eigenvalue weighted by molar-refractivity contribution is 5.89. The molecule has 1 saturated carbocycles. The van der Waals surface area contributed by atoms with Gasteiger partial charge in [0.1, 0.15) is 17.5 Å². The van der Waals surface area contributed by atoms with Crippen LogP contribution in [0.2, 0.25) is 0 Å². The van der Waals surface area contributed by atoms with E-state index in [0.717, 1.165) is 12.1 Å². The first-order valence-electron chi connectivity index (χ1n) is 9.14. The predicted octanol–water partition coefficient (Wildman–Crippen LogP) is 4.50. The topological polar surface area (TPSA) is 55.4 Å². The minimum Gasteiger partial charge on any atom is -0.456 e. The maximum atomic E-state index is 13.4. The van der Waals surface area contributed by atoms with E-state index in [0.29, 0.717) is 12.8 Å². The van der Waals surface area contributed by atoms with E-state index in [9.17, 15) is 27.2 Å². The van der Waals surface area contributed by atoms with Gasteiger partial charge in [0, 0.05) is 0 Å². The number of benzene rings is 2. The van der Waals surface area contributed by atoms with E-state index in [1.807, 2.05) is 0 Å². The third-order valence-corrected chi connectivity index (χ3v) is 5.05. The molecule has 3 rings (SSSR count). The van der Waals surface area contributed by atoms with E-state index in [2.05, 4.69) is 5.32 Å². The molecular formula is C21H19F4NO3. The number of ether oxygens (including phenoxy) is 1. The van der Waals surface area contributed by atoms with E-state index in [4.69, 9.17) is 4.74 Å². The Morgan fingerprint density at radius 3 is 2.28 bits per heavy atom. The summed E-state index contributed by atoms with van der Waals surface area (Å²) in [5, 5.41) is 2.05. The minimum atomic E-state index is -5.11. The van der Waals surface area contributed by atoms with Crippen LogP contribution in [-0.4, -0.2) is 24.2 Å². The second kappa shape index (κ2) is 8.23. The van der Waals surface area contributed by atoms with Crippen molar-refractivity contribution in [3.63, 3.8) is 0 Å². The first kappa shape index (κ1) is 20.8. The molecule has 0 unspecified atom stereocenters. The number of rotatable bonds is 4. The Kier molecular flexibility index (Phi) is 5.91. The standard InChI is InChI=1S/C21H19F4NO3/c22-16-11-9-15(10-12-16)20(26-19(28)21(23,24)25)13-5-4-8-17(20)29-18(27)14-6-2-1-3-7-14/h1-3,6-7,9-12,17H,4-5,8,13H2,(H,26,28)/t17-,20-/m1/s1. The van der Waals surface area contributed by atoms with Crippen molar-refractivity contribution in [2.45, 2.75) is 43.5 Å². The SMILES string of the molecule is O=C(O[C@@H]1CCCC[C@@]1(NC(=O)C(F)(F)F)c1ccc(F)cc1)c1ccccc1. The molecule has 2 aromatic rings. The molecule has 0 saturated heterocycles. The van der Waals surface area contributed by atoms with Gasteiger partial charge in [-0.2, -0.15) is 13.2 Å². The molecule has 4 nitrogen and oxygen atoms in total. The fourth-order valence-corrected chi connectivity index (χ4v) is 3.64. The number of nitrogens with one attached hydrogen (secondary N) is 1. The summed E-state index contributed by atoms with van der Waals surface area (Å²) in [6.45, 7) is 0. The molecule has 154 valence electrons. The molecule has 0 radical (unpaired) electrons. The molecule has 29 heavy (non-hydrogen) atoms. The normalized spacial score (nSPS) is 22.0. The highest BCUT2D eigenvalue weighted by Gasteiger charge is 2.50. The minimum absolute atomic E-state index is 0.118. The molecule has 2 aromatic carbocycles. The summed E-state index contributed by atoms with van der Waals surface area (Å²) in [4.78, 5) is 24.4. The van der Waals surface area contributed by atoms with Crippen molar-refractivity contribution in [1.29, 1.82) is 0 Å². The molecule has 0 bridgehead atoms. The van der Waals surface area contributed by atoms with Gasteiger partial charge in [0.25, 0.3) is 0 Å². The monoisotopic (exact) mass is 409 g/mol. The van der Waals surface area contributed by atoms with Crippen molar-refractivity contribution in [2.24, 2.45) is 0 Å². The zero-order chi connectivity index (χ0) is 21.1. The van der Waals surface area contributed by atoms with E-state index in [1.165, 1.54) is 24.3 Å². The first-order valence-corrected chi connectivity index (χ1v) is 9.14. The second-order valence-corrected chi connectivity index (χ2v) is 6.94. The zero-order valence-electron chi connectivity index (χ0n) is 15.3. The molecule has 8 heteroatoms. The Morgan fingerprint density at radius 1 is 1.00 bits per heavy atom. The zero-order valence-corrected chi connectivity index (χ0v) is 15.3. The Labute approximate surface area is 164 Å². The Bertz CT molecular complexity index is 868. The van der Waals surface area contributed by atoms with E-state index >= 15 is 0 Å². The molecule has 0 heterocycles.